The second kappa shape index (κ2) is 10.0. The Bertz CT molecular complexity index is 152. The van der Waals surface area contributed by atoms with E-state index in [-0.39, 0.29) is 37.2 Å². The molecular formula is C8H12Cl3V. The molecule has 1 rings (SSSR count). The van der Waals surface area contributed by atoms with Crippen LogP contribution in [0.1, 0.15) is 20.3 Å². The minimum atomic E-state index is 0. The third-order valence-electron chi connectivity index (χ3n) is 1.18. The maximum atomic E-state index is 2.30. The minimum Gasteiger partial charge on any atom is -1.00 e. The second-order valence-corrected chi connectivity index (χ2v) is 5.43. The molecule has 0 saturated heterocycles. The maximum absolute atomic E-state index is 2.30. The van der Waals surface area contributed by atoms with E-state index in [0.29, 0.717) is 16.3 Å². The summed E-state index contributed by atoms with van der Waals surface area (Å²) in [4.78, 5) is 0. The van der Waals surface area contributed by atoms with Crippen LogP contribution < -0.4 is 37.2 Å². The van der Waals surface area contributed by atoms with E-state index in [0.717, 1.165) is 4.63 Å². The second-order valence-electron chi connectivity index (χ2n) is 2.51. The molecule has 0 radical (unpaired) electrons. The third kappa shape index (κ3) is 7.58. The standard InChI is InChI=1S/C5H5.C3H7.3ClH.V/c1-2-4-5-3-1;1-3-2;;;;/h1-3H,4H2;3H,1-2H3;3*1H;/q;;;;;+3/p-3. The van der Waals surface area contributed by atoms with Crippen molar-refractivity contribution in [3.05, 3.63) is 22.5 Å². The molecule has 0 atom stereocenters. The van der Waals surface area contributed by atoms with Gasteiger partial charge < -0.3 is 37.2 Å². The van der Waals surface area contributed by atoms with Crippen molar-refractivity contribution < 1.29 is 53.5 Å². The molecule has 0 spiro atoms. The predicted molar refractivity (Wildman–Crippen MR) is 36.9 cm³/mol. The van der Waals surface area contributed by atoms with Gasteiger partial charge >= 0.3 is 63.7 Å². The number of allylic oxidation sites excluding steroid dienone is 4. The molecule has 4 heteroatoms. The monoisotopic (exact) mass is 264 g/mol. The van der Waals surface area contributed by atoms with Crippen molar-refractivity contribution in [3.8, 4) is 0 Å². The number of rotatable bonds is 2. The molecule has 0 fully saturated rings. The minimum absolute atomic E-state index is 0. The van der Waals surface area contributed by atoms with Gasteiger partial charge in [0.1, 0.15) is 0 Å². The van der Waals surface area contributed by atoms with E-state index in [4.69, 9.17) is 0 Å². The van der Waals surface area contributed by atoms with E-state index in [1.807, 2.05) is 0 Å². The molecule has 12 heavy (non-hydrogen) atoms. The molecule has 0 aromatic rings. The Hall–Kier alpha value is 0.934. The first-order valence-corrected chi connectivity index (χ1v) is 4.86. The molecule has 70 valence electrons. The molecule has 0 nitrogen and oxygen atoms in total. The number of hydrogen-bond acceptors (Lipinski definition) is 0. The van der Waals surface area contributed by atoms with Gasteiger partial charge in [-0.15, -0.1) is 0 Å². The summed E-state index contributed by atoms with van der Waals surface area (Å²) in [5.41, 5.74) is 0. The van der Waals surface area contributed by atoms with Crippen molar-refractivity contribution in [1.29, 1.82) is 0 Å². The van der Waals surface area contributed by atoms with Gasteiger partial charge in [0, 0.05) is 0 Å². The first kappa shape index (κ1) is 18.7. The van der Waals surface area contributed by atoms with Crippen molar-refractivity contribution in [2.45, 2.75) is 24.9 Å². The predicted octanol–water partition coefficient (Wildman–Crippen LogP) is -6.25. The Morgan fingerprint density at radius 3 is 2.17 bits per heavy atom. The molecule has 0 unspecified atom stereocenters. The van der Waals surface area contributed by atoms with Gasteiger partial charge in [0.05, 0.1) is 0 Å². The molecule has 0 bridgehead atoms. The first-order chi connectivity index (χ1) is 4.29. The SMILES string of the molecule is C[CH](C)[V+3][C]1=CC=CC1.[Cl-].[Cl-].[Cl-]. The molecule has 0 aromatic carbocycles. The van der Waals surface area contributed by atoms with Crippen molar-refractivity contribution in [3.63, 3.8) is 0 Å². The number of halogens is 3. The van der Waals surface area contributed by atoms with Crippen LogP contribution in [-0.4, -0.2) is 0 Å². The Labute approximate surface area is 101 Å². The van der Waals surface area contributed by atoms with Gasteiger partial charge in [-0.2, -0.15) is 0 Å². The fraction of sp³-hybridized carbons (Fsp3) is 0.500. The van der Waals surface area contributed by atoms with Crippen LogP contribution in [0.4, 0.5) is 0 Å². The normalized spacial score (nSPS) is 12.1. The van der Waals surface area contributed by atoms with Gasteiger partial charge in [-0.25, -0.2) is 0 Å². The summed E-state index contributed by atoms with van der Waals surface area (Å²) in [6, 6.07) is 0. The van der Waals surface area contributed by atoms with Gasteiger partial charge in [-0.1, -0.05) is 0 Å². The van der Waals surface area contributed by atoms with E-state index in [2.05, 4.69) is 32.1 Å². The molecule has 0 aliphatic heterocycles. The van der Waals surface area contributed by atoms with Crippen LogP contribution >= 0.6 is 0 Å². The zero-order valence-electron chi connectivity index (χ0n) is 7.10. The molecule has 0 heterocycles. The molecular weight excluding hydrogens is 253 g/mol. The largest absolute Gasteiger partial charge is 1.00 e. The Morgan fingerprint density at radius 2 is 1.83 bits per heavy atom. The first-order valence-electron chi connectivity index (χ1n) is 3.35. The van der Waals surface area contributed by atoms with Crippen LogP contribution in [0, 0.1) is 0 Å². The van der Waals surface area contributed by atoms with Crippen molar-refractivity contribution in [2.75, 3.05) is 0 Å². The van der Waals surface area contributed by atoms with Crippen molar-refractivity contribution in [2.24, 2.45) is 0 Å². The van der Waals surface area contributed by atoms with E-state index in [1.54, 1.807) is 4.28 Å². The van der Waals surface area contributed by atoms with Crippen LogP contribution in [-0.2, 0) is 16.3 Å². The quantitative estimate of drug-likeness (QED) is 0.466. The van der Waals surface area contributed by atoms with Crippen LogP contribution in [0.2, 0.25) is 4.63 Å². The zero-order chi connectivity index (χ0) is 6.69. The van der Waals surface area contributed by atoms with Crippen molar-refractivity contribution in [1.82, 2.24) is 0 Å². The van der Waals surface area contributed by atoms with E-state index in [9.17, 15) is 0 Å². The molecule has 0 N–H and O–H groups in total. The smallest absolute Gasteiger partial charge is 1.00 e. The number of hydrogen-bond donors (Lipinski definition) is 0. The average Bonchev–Trinajstić information content (AvgIpc) is 2.15. The Morgan fingerprint density at radius 1 is 1.25 bits per heavy atom. The summed E-state index contributed by atoms with van der Waals surface area (Å²) in [7, 11) is 0. The molecule has 0 amide bonds. The van der Waals surface area contributed by atoms with Gasteiger partial charge in [0.15, 0.2) is 0 Å². The summed E-state index contributed by atoms with van der Waals surface area (Å²) < 4.78 is 2.59. The topological polar surface area (TPSA) is 0 Å². The Kier molecular flexibility index (Phi) is 15.6. The summed E-state index contributed by atoms with van der Waals surface area (Å²) in [5.74, 6) is 0. The summed E-state index contributed by atoms with van der Waals surface area (Å²) >= 11 is 0.495. The third-order valence-corrected chi connectivity index (χ3v) is 3.02. The summed E-state index contributed by atoms with van der Waals surface area (Å²) in [6.45, 7) is 4.61. The molecule has 1 aliphatic carbocycles. The van der Waals surface area contributed by atoms with Crippen LogP contribution in [0.5, 0.6) is 0 Å². The van der Waals surface area contributed by atoms with Gasteiger partial charge in [-0.05, 0) is 0 Å². The van der Waals surface area contributed by atoms with Gasteiger partial charge in [0.25, 0.3) is 0 Å². The van der Waals surface area contributed by atoms with Crippen molar-refractivity contribution >= 4 is 0 Å². The fourth-order valence-electron chi connectivity index (χ4n) is 0.863. The van der Waals surface area contributed by atoms with E-state index in [1.165, 1.54) is 6.42 Å². The van der Waals surface area contributed by atoms with E-state index < -0.39 is 0 Å². The summed E-state index contributed by atoms with van der Waals surface area (Å²) in [5, 5.41) is 0. The maximum Gasteiger partial charge on any atom is -1.00 e. The summed E-state index contributed by atoms with van der Waals surface area (Å²) in [6.07, 6.45) is 7.93. The zero-order valence-corrected chi connectivity index (χ0v) is 10.8. The fourth-order valence-corrected chi connectivity index (χ4v) is 2.50. The molecule has 0 saturated carbocycles. The van der Waals surface area contributed by atoms with Crippen LogP contribution in [0.25, 0.3) is 0 Å². The molecule has 1 aliphatic rings. The van der Waals surface area contributed by atoms with Crippen LogP contribution in [0.15, 0.2) is 22.5 Å². The average molecular weight is 265 g/mol. The Balaban J connectivity index is -0.000000270. The van der Waals surface area contributed by atoms with Gasteiger partial charge in [-0.3, -0.25) is 0 Å². The molecule has 0 aromatic heterocycles. The van der Waals surface area contributed by atoms with Crippen LogP contribution in [0.3, 0.4) is 0 Å². The van der Waals surface area contributed by atoms with Gasteiger partial charge in [0.2, 0.25) is 0 Å². The van der Waals surface area contributed by atoms with E-state index >= 15 is 0 Å².